The van der Waals surface area contributed by atoms with E-state index >= 15 is 0 Å². The molecule has 0 aliphatic heterocycles. The van der Waals surface area contributed by atoms with Crippen LogP contribution in [0.25, 0.3) is 5.57 Å². The smallest absolute Gasteiger partial charge is 0.133 e. The Kier molecular flexibility index (Phi) is 2.23. The van der Waals surface area contributed by atoms with E-state index in [-0.39, 0.29) is 11.4 Å². The van der Waals surface area contributed by atoms with E-state index in [9.17, 15) is 4.39 Å². The molecule has 0 atom stereocenters. The van der Waals surface area contributed by atoms with Crippen LogP contribution in [0.2, 0.25) is 0 Å². The molecular weight excluding hydrogens is 191 g/mol. The summed E-state index contributed by atoms with van der Waals surface area (Å²) in [5, 5.41) is 17.5. The van der Waals surface area contributed by atoms with E-state index in [0.717, 1.165) is 16.7 Å². The van der Waals surface area contributed by atoms with Gasteiger partial charge >= 0.3 is 0 Å². The minimum absolute atomic E-state index is 0.139. The van der Waals surface area contributed by atoms with Gasteiger partial charge < -0.3 is 0 Å². The molecule has 0 bridgehead atoms. The van der Waals surface area contributed by atoms with Crippen molar-refractivity contribution in [1.29, 1.82) is 10.5 Å². The maximum Gasteiger partial charge on any atom is 0.133 e. The van der Waals surface area contributed by atoms with Gasteiger partial charge in [0.15, 0.2) is 0 Å². The number of nitrogens with zero attached hydrogens (tertiary/aromatic N) is 2. The molecule has 2 rings (SSSR count). The molecule has 0 unspecified atom stereocenters. The van der Waals surface area contributed by atoms with Crippen LogP contribution in [0.5, 0.6) is 0 Å². The maximum atomic E-state index is 12.9. The monoisotopic (exact) mass is 198 g/mol. The third-order valence-electron chi connectivity index (χ3n) is 2.56. The SMILES string of the molecule is N#CC(C#N)=C1CCc2cc(F)ccc21. The first-order valence-electron chi connectivity index (χ1n) is 4.58. The molecule has 0 radical (unpaired) electrons. The lowest BCUT2D eigenvalue weighted by Crippen LogP contribution is -1.85. The fourth-order valence-electron chi connectivity index (χ4n) is 1.88. The molecule has 0 spiro atoms. The summed E-state index contributed by atoms with van der Waals surface area (Å²) in [7, 11) is 0. The van der Waals surface area contributed by atoms with Gasteiger partial charge in [-0.05, 0) is 41.7 Å². The molecule has 0 aromatic heterocycles. The molecule has 0 amide bonds. The van der Waals surface area contributed by atoms with Gasteiger partial charge in [0, 0.05) is 0 Å². The second-order valence-electron chi connectivity index (χ2n) is 3.38. The molecule has 0 fully saturated rings. The predicted octanol–water partition coefficient (Wildman–Crippen LogP) is 2.57. The van der Waals surface area contributed by atoms with Crippen LogP contribution in [-0.4, -0.2) is 0 Å². The molecule has 3 heteroatoms. The second kappa shape index (κ2) is 3.55. The minimum Gasteiger partial charge on any atom is -0.207 e. The molecule has 1 aliphatic carbocycles. The van der Waals surface area contributed by atoms with Crippen molar-refractivity contribution in [1.82, 2.24) is 0 Å². The van der Waals surface area contributed by atoms with Crippen molar-refractivity contribution < 1.29 is 4.39 Å². The molecule has 0 saturated carbocycles. The zero-order valence-corrected chi connectivity index (χ0v) is 7.92. The van der Waals surface area contributed by atoms with Gasteiger partial charge in [-0.3, -0.25) is 0 Å². The van der Waals surface area contributed by atoms with Gasteiger partial charge in [-0.15, -0.1) is 0 Å². The number of fused-ring (bicyclic) bond motifs is 1. The predicted molar refractivity (Wildman–Crippen MR) is 52.9 cm³/mol. The molecule has 72 valence electrons. The Balaban J connectivity index is 2.61. The van der Waals surface area contributed by atoms with Crippen molar-refractivity contribution in [3.05, 3.63) is 40.7 Å². The van der Waals surface area contributed by atoms with Crippen molar-refractivity contribution in [2.24, 2.45) is 0 Å². The lowest BCUT2D eigenvalue weighted by Gasteiger charge is -2.00. The van der Waals surface area contributed by atoms with E-state index < -0.39 is 0 Å². The van der Waals surface area contributed by atoms with Crippen molar-refractivity contribution >= 4 is 5.57 Å². The van der Waals surface area contributed by atoms with Crippen molar-refractivity contribution in [2.45, 2.75) is 12.8 Å². The molecule has 15 heavy (non-hydrogen) atoms. The molecular formula is C12H7FN2. The zero-order chi connectivity index (χ0) is 10.8. The number of halogens is 1. The van der Waals surface area contributed by atoms with Gasteiger partial charge in [0.25, 0.3) is 0 Å². The summed E-state index contributed by atoms with van der Waals surface area (Å²) in [4.78, 5) is 0. The summed E-state index contributed by atoms with van der Waals surface area (Å²) in [5.74, 6) is -0.273. The first kappa shape index (κ1) is 9.43. The number of rotatable bonds is 0. The van der Waals surface area contributed by atoms with E-state index in [1.54, 1.807) is 6.07 Å². The lowest BCUT2D eigenvalue weighted by molar-refractivity contribution is 0.626. The highest BCUT2D eigenvalue weighted by Gasteiger charge is 2.20. The zero-order valence-electron chi connectivity index (χ0n) is 7.92. The Morgan fingerprint density at radius 2 is 1.93 bits per heavy atom. The third-order valence-corrected chi connectivity index (χ3v) is 2.56. The molecule has 0 heterocycles. The molecule has 1 aromatic rings. The number of aryl methyl sites for hydroxylation is 1. The van der Waals surface area contributed by atoms with Crippen LogP contribution < -0.4 is 0 Å². The highest BCUT2D eigenvalue weighted by Crippen LogP contribution is 2.34. The number of hydrogen-bond donors (Lipinski definition) is 0. The van der Waals surface area contributed by atoms with Gasteiger partial charge in [0.1, 0.15) is 23.5 Å². The lowest BCUT2D eigenvalue weighted by atomic mass is 10.0. The molecule has 0 N–H and O–H groups in total. The van der Waals surface area contributed by atoms with Crippen LogP contribution in [0.4, 0.5) is 4.39 Å². The Morgan fingerprint density at radius 1 is 1.20 bits per heavy atom. The normalized spacial score (nSPS) is 12.9. The van der Waals surface area contributed by atoms with E-state index in [1.165, 1.54) is 12.1 Å². The van der Waals surface area contributed by atoms with Crippen molar-refractivity contribution in [3.8, 4) is 12.1 Å². The Labute approximate surface area is 86.9 Å². The van der Waals surface area contributed by atoms with Crippen LogP contribution in [0.3, 0.4) is 0 Å². The second-order valence-corrected chi connectivity index (χ2v) is 3.38. The largest absolute Gasteiger partial charge is 0.207 e. The van der Waals surface area contributed by atoms with Crippen LogP contribution >= 0.6 is 0 Å². The summed E-state index contributed by atoms with van der Waals surface area (Å²) < 4.78 is 12.9. The van der Waals surface area contributed by atoms with E-state index in [4.69, 9.17) is 10.5 Å². The summed E-state index contributed by atoms with van der Waals surface area (Å²) in [6.07, 6.45) is 1.35. The summed E-state index contributed by atoms with van der Waals surface area (Å²) >= 11 is 0. The molecule has 0 saturated heterocycles. The first-order chi connectivity index (χ1) is 7.26. The number of hydrogen-bond acceptors (Lipinski definition) is 2. The summed E-state index contributed by atoms with van der Waals surface area (Å²) in [5.41, 5.74) is 2.61. The van der Waals surface area contributed by atoms with Crippen LogP contribution in [0.15, 0.2) is 23.8 Å². The van der Waals surface area contributed by atoms with Crippen molar-refractivity contribution in [3.63, 3.8) is 0 Å². The standard InChI is InChI=1S/C12H7FN2/c13-10-2-4-11-8(5-10)1-3-12(11)9(6-14)7-15/h2,4-5H,1,3H2. The van der Waals surface area contributed by atoms with E-state index in [1.807, 2.05) is 12.1 Å². The topological polar surface area (TPSA) is 47.6 Å². The minimum atomic E-state index is -0.273. The average molecular weight is 198 g/mol. The van der Waals surface area contributed by atoms with Gasteiger partial charge in [-0.1, -0.05) is 6.07 Å². The highest BCUT2D eigenvalue weighted by atomic mass is 19.1. The van der Waals surface area contributed by atoms with E-state index in [2.05, 4.69) is 0 Å². The molecule has 1 aliphatic rings. The number of allylic oxidation sites excluding steroid dienone is 2. The van der Waals surface area contributed by atoms with Gasteiger partial charge in [-0.25, -0.2) is 4.39 Å². The molecule has 2 nitrogen and oxygen atoms in total. The van der Waals surface area contributed by atoms with Gasteiger partial charge in [-0.2, -0.15) is 10.5 Å². The fraction of sp³-hybridized carbons (Fsp3) is 0.167. The Bertz CT molecular complexity index is 514. The Morgan fingerprint density at radius 3 is 2.60 bits per heavy atom. The van der Waals surface area contributed by atoms with Crippen LogP contribution in [0, 0.1) is 28.5 Å². The van der Waals surface area contributed by atoms with Crippen molar-refractivity contribution in [2.75, 3.05) is 0 Å². The van der Waals surface area contributed by atoms with E-state index in [0.29, 0.717) is 12.8 Å². The highest BCUT2D eigenvalue weighted by molar-refractivity contribution is 5.79. The van der Waals surface area contributed by atoms with Gasteiger partial charge in [0.2, 0.25) is 0 Å². The summed E-state index contributed by atoms with van der Waals surface area (Å²) in [6.45, 7) is 0. The van der Waals surface area contributed by atoms with Gasteiger partial charge in [0.05, 0.1) is 0 Å². The van der Waals surface area contributed by atoms with Crippen LogP contribution in [0.1, 0.15) is 17.5 Å². The average Bonchev–Trinajstić information content (AvgIpc) is 2.63. The Hall–Kier alpha value is -2.13. The summed E-state index contributed by atoms with van der Waals surface area (Å²) in [6, 6.07) is 8.21. The van der Waals surface area contributed by atoms with Crippen LogP contribution in [-0.2, 0) is 6.42 Å². The number of benzene rings is 1. The number of nitriles is 2. The molecule has 1 aromatic carbocycles. The maximum absolute atomic E-state index is 12.9. The quantitative estimate of drug-likeness (QED) is 0.601. The fourth-order valence-corrected chi connectivity index (χ4v) is 1.88. The first-order valence-corrected chi connectivity index (χ1v) is 4.58. The third kappa shape index (κ3) is 1.49.